The second-order valence-electron chi connectivity index (χ2n) is 7.99. The van der Waals surface area contributed by atoms with Crippen LogP contribution >= 0.6 is 34.4 Å². The van der Waals surface area contributed by atoms with Crippen molar-refractivity contribution in [2.45, 2.75) is 10.1 Å². The number of carbonyl (C=O) groups is 1. The molecule has 0 atom stereocenters. The van der Waals surface area contributed by atoms with Gasteiger partial charge >= 0.3 is 0 Å². The minimum Gasteiger partial charge on any atom is -0.493 e. The van der Waals surface area contributed by atoms with E-state index in [0.717, 1.165) is 15.3 Å². The minimum absolute atomic E-state index is 0.0890. The van der Waals surface area contributed by atoms with E-state index in [1.807, 2.05) is 6.07 Å². The first-order valence-electron chi connectivity index (χ1n) is 11.1. The highest BCUT2D eigenvalue weighted by molar-refractivity contribution is 14.1. The Balaban J connectivity index is 1.68. The van der Waals surface area contributed by atoms with Crippen molar-refractivity contribution in [2.75, 3.05) is 32.4 Å². The summed E-state index contributed by atoms with van der Waals surface area (Å²) in [5.41, 5.74) is 0.889. The predicted molar refractivity (Wildman–Crippen MR) is 157 cm³/mol. The van der Waals surface area contributed by atoms with Gasteiger partial charge in [-0.25, -0.2) is 18.5 Å². The van der Waals surface area contributed by atoms with E-state index in [1.165, 1.54) is 50.2 Å². The van der Waals surface area contributed by atoms with E-state index in [9.17, 15) is 18.0 Å². The third-order valence-electron chi connectivity index (χ3n) is 5.50. The maximum Gasteiger partial charge on any atom is 0.266 e. The smallest absolute Gasteiger partial charge is 0.266 e. The van der Waals surface area contributed by atoms with E-state index in [2.05, 4.69) is 32.9 Å². The first-order valence-corrected chi connectivity index (χ1v) is 14.7. The minimum atomic E-state index is -3.92. The second-order valence-corrected chi connectivity index (χ2v) is 11.7. The highest BCUT2D eigenvalue weighted by atomic mass is 127. The van der Waals surface area contributed by atoms with E-state index < -0.39 is 10.0 Å². The number of benzene rings is 3. The van der Waals surface area contributed by atoms with Crippen LogP contribution in [0.5, 0.6) is 17.2 Å². The summed E-state index contributed by atoms with van der Waals surface area (Å²) in [7, 11) is 0.509. The number of sulfonamides is 1. The van der Waals surface area contributed by atoms with Crippen molar-refractivity contribution in [1.29, 1.82) is 0 Å². The van der Waals surface area contributed by atoms with E-state index >= 15 is 0 Å². The lowest BCUT2D eigenvalue weighted by Crippen LogP contribution is -2.23. The summed E-state index contributed by atoms with van der Waals surface area (Å²) in [6.45, 7) is 0. The number of nitrogens with two attached hydrogens (primary N) is 1. The average molecular weight is 683 g/mol. The third-order valence-corrected chi connectivity index (χ3v) is 8.04. The lowest BCUT2D eigenvalue weighted by Gasteiger charge is -2.15. The lowest BCUT2D eigenvalue weighted by molar-refractivity contribution is -0.113. The molecular formula is C25H23IN4O7S2. The molecule has 0 saturated heterocycles. The van der Waals surface area contributed by atoms with E-state index in [0.29, 0.717) is 39.5 Å². The first kappa shape index (κ1) is 28.7. The van der Waals surface area contributed by atoms with Crippen LogP contribution in [0.1, 0.15) is 0 Å². The van der Waals surface area contributed by atoms with Gasteiger partial charge in [0.1, 0.15) is 0 Å². The van der Waals surface area contributed by atoms with Gasteiger partial charge in [0, 0.05) is 21.4 Å². The lowest BCUT2D eigenvalue weighted by atomic mass is 10.2. The number of nitrogens with zero attached hydrogens (tertiary/aromatic N) is 2. The summed E-state index contributed by atoms with van der Waals surface area (Å²) in [5, 5.41) is 8.62. The van der Waals surface area contributed by atoms with Gasteiger partial charge in [0.2, 0.25) is 21.7 Å². The second kappa shape index (κ2) is 11.8. The standard InChI is InChI=1S/C25H23IN4O7S2/c1-35-20-11-15(12-21(36-2)23(20)37-3)28-22(31)13-38-25-29-19-9-4-14(26)10-18(19)24(32)30(25)16-5-7-17(8-6-16)39(27,33)34/h4-12H,13H2,1-3H3,(H,28,31)(H2,27,33,34). The Morgan fingerprint density at radius 3 is 2.23 bits per heavy atom. The van der Waals surface area contributed by atoms with Gasteiger partial charge in [0.05, 0.1) is 48.6 Å². The van der Waals surface area contributed by atoms with Crippen LogP contribution in [0, 0.1) is 3.57 Å². The van der Waals surface area contributed by atoms with Crippen LogP contribution in [0.25, 0.3) is 16.6 Å². The molecule has 0 spiro atoms. The maximum absolute atomic E-state index is 13.5. The molecule has 14 heteroatoms. The van der Waals surface area contributed by atoms with Crippen LogP contribution in [0.2, 0.25) is 0 Å². The summed E-state index contributed by atoms with van der Waals surface area (Å²) in [5.74, 6) is 0.681. The van der Waals surface area contributed by atoms with Crippen molar-refractivity contribution < 1.29 is 27.4 Å². The Morgan fingerprint density at radius 2 is 1.67 bits per heavy atom. The molecule has 0 saturated carbocycles. The van der Waals surface area contributed by atoms with Crippen LogP contribution in [0.15, 0.2) is 69.4 Å². The number of hydrogen-bond donors (Lipinski definition) is 2. The van der Waals surface area contributed by atoms with Gasteiger partial charge in [0.25, 0.3) is 5.56 Å². The van der Waals surface area contributed by atoms with Gasteiger partial charge in [-0.1, -0.05) is 11.8 Å². The molecule has 0 aliphatic rings. The van der Waals surface area contributed by atoms with Gasteiger partial charge in [-0.2, -0.15) is 0 Å². The van der Waals surface area contributed by atoms with Crippen molar-refractivity contribution in [3.8, 4) is 22.9 Å². The molecule has 0 radical (unpaired) electrons. The van der Waals surface area contributed by atoms with E-state index in [4.69, 9.17) is 19.3 Å². The SMILES string of the molecule is COc1cc(NC(=O)CSc2nc3ccc(I)cc3c(=O)n2-c2ccc(S(N)(=O)=O)cc2)cc(OC)c1OC. The number of primary sulfonamides is 1. The third kappa shape index (κ3) is 6.29. The molecule has 1 heterocycles. The number of hydrogen-bond acceptors (Lipinski definition) is 9. The Kier molecular flexibility index (Phi) is 8.68. The van der Waals surface area contributed by atoms with Crippen molar-refractivity contribution in [3.63, 3.8) is 0 Å². The molecule has 0 fully saturated rings. The van der Waals surface area contributed by atoms with Crippen LogP contribution in [0.3, 0.4) is 0 Å². The van der Waals surface area contributed by atoms with Crippen LogP contribution in [-0.2, 0) is 14.8 Å². The molecule has 0 bridgehead atoms. The highest BCUT2D eigenvalue weighted by Gasteiger charge is 2.18. The molecule has 1 aromatic heterocycles. The molecule has 3 N–H and O–H groups in total. The van der Waals surface area contributed by atoms with Crippen molar-refractivity contribution in [2.24, 2.45) is 5.14 Å². The number of halogens is 1. The fourth-order valence-corrected chi connectivity index (χ4v) is 5.55. The van der Waals surface area contributed by atoms with Gasteiger partial charge in [-0.3, -0.25) is 14.2 Å². The number of nitrogens with one attached hydrogen (secondary N) is 1. The average Bonchev–Trinajstić information content (AvgIpc) is 2.91. The van der Waals surface area contributed by atoms with Crippen molar-refractivity contribution in [3.05, 3.63) is 68.5 Å². The number of fused-ring (bicyclic) bond motifs is 1. The van der Waals surface area contributed by atoms with Crippen molar-refractivity contribution in [1.82, 2.24) is 9.55 Å². The maximum atomic E-state index is 13.5. The summed E-state index contributed by atoms with van der Waals surface area (Å²) >= 11 is 3.15. The summed E-state index contributed by atoms with van der Waals surface area (Å²) < 4.78 is 41.5. The molecule has 4 rings (SSSR count). The molecule has 0 aliphatic carbocycles. The molecule has 11 nitrogen and oxygen atoms in total. The Hall–Kier alpha value is -3.34. The number of carbonyl (C=O) groups excluding carboxylic acids is 1. The normalized spacial score (nSPS) is 11.3. The van der Waals surface area contributed by atoms with E-state index in [-0.39, 0.29) is 27.3 Å². The number of thioether (sulfide) groups is 1. The number of amides is 1. The first-order chi connectivity index (χ1) is 18.5. The molecule has 3 aromatic carbocycles. The number of rotatable bonds is 9. The zero-order valence-corrected chi connectivity index (χ0v) is 24.7. The fraction of sp³-hybridized carbons (Fsp3) is 0.160. The zero-order valence-electron chi connectivity index (χ0n) is 20.9. The molecule has 204 valence electrons. The molecule has 4 aromatic rings. The topological polar surface area (TPSA) is 152 Å². The Bertz CT molecular complexity index is 1700. The van der Waals surface area contributed by atoms with Gasteiger partial charge in [0.15, 0.2) is 16.7 Å². The number of methoxy groups -OCH3 is 3. The molecule has 39 heavy (non-hydrogen) atoms. The molecule has 0 unspecified atom stereocenters. The summed E-state index contributed by atoms with van der Waals surface area (Å²) in [4.78, 5) is 31.0. The summed E-state index contributed by atoms with van der Waals surface area (Å²) in [6, 6.07) is 14.0. The largest absolute Gasteiger partial charge is 0.493 e. The highest BCUT2D eigenvalue weighted by Crippen LogP contribution is 2.40. The zero-order chi connectivity index (χ0) is 28.3. The summed E-state index contributed by atoms with van der Waals surface area (Å²) in [6.07, 6.45) is 0. The monoisotopic (exact) mass is 682 g/mol. The van der Waals surface area contributed by atoms with Crippen LogP contribution in [0.4, 0.5) is 5.69 Å². The van der Waals surface area contributed by atoms with Gasteiger partial charge in [-0.15, -0.1) is 0 Å². The number of ether oxygens (including phenoxy) is 3. The van der Waals surface area contributed by atoms with Gasteiger partial charge < -0.3 is 19.5 Å². The van der Waals surface area contributed by atoms with Crippen LogP contribution < -0.4 is 30.2 Å². The molecule has 0 aliphatic heterocycles. The number of aromatic nitrogens is 2. The molecular weight excluding hydrogens is 659 g/mol. The molecule has 1 amide bonds. The Labute approximate surface area is 241 Å². The fourth-order valence-electron chi connectivity index (χ4n) is 3.73. The van der Waals surface area contributed by atoms with E-state index in [1.54, 1.807) is 24.3 Å². The van der Waals surface area contributed by atoms with Crippen molar-refractivity contribution >= 4 is 66.9 Å². The predicted octanol–water partition coefficient (Wildman–Crippen LogP) is 3.39. The van der Waals surface area contributed by atoms with Crippen LogP contribution in [-0.4, -0.2) is 51.0 Å². The number of anilines is 1. The Morgan fingerprint density at radius 1 is 1.03 bits per heavy atom. The van der Waals surface area contributed by atoms with Gasteiger partial charge in [-0.05, 0) is 65.1 Å². The quantitative estimate of drug-likeness (QED) is 0.154.